The van der Waals surface area contributed by atoms with Gasteiger partial charge in [-0.25, -0.2) is 5.43 Å². The molecule has 1 heterocycles. The quantitative estimate of drug-likeness (QED) is 0.220. The molecule has 6 nitrogen and oxygen atoms in total. The lowest BCUT2D eigenvalue weighted by Crippen LogP contribution is -2.16. The molecule has 1 amide bonds. The van der Waals surface area contributed by atoms with E-state index in [1.165, 1.54) is 13.3 Å². The zero-order valence-electron chi connectivity index (χ0n) is 17.9. The van der Waals surface area contributed by atoms with Crippen LogP contribution in [-0.2, 0) is 6.61 Å². The van der Waals surface area contributed by atoms with E-state index in [9.17, 15) is 4.79 Å². The lowest BCUT2D eigenvalue weighted by molar-refractivity contribution is 0.0929. The van der Waals surface area contributed by atoms with E-state index >= 15 is 0 Å². The Morgan fingerprint density at radius 2 is 2.03 bits per heavy atom. The van der Waals surface area contributed by atoms with Gasteiger partial charge < -0.3 is 13.9 Å². The molecule has 4 aromatic rings. The first kappa shape index (κ1) is 22.9. The van der Waals surface area contributed by atoms with Crippen LogP contribution < -0.4 is 14.9 Å². The summed E-state index contributed by atoms with van der Waals surface area (Å²) in [5, 5.41) is 5.20. The molecule has 0 spiro atoms. The van der Waals surface area contributed by atoms with Crippen LogP contribution in [0.15, 0.2) is 74.7 Å². The van der Waals surface area contributed by atoms with Crippen molar-refractivity contribution in [3.8, 4) is 11.5 Å². The molecule has 33 heavy (non-hydrogen) atoms. The highest BCUT2D eigenvalue weighted by Gasteiger charge is 2.14. The number of ether oxygens (including phenoxy) is 2. The maximum atomic E-state index is 12.4. The smallest absolute Gasteiger partial charge is 0.307 e. The number of hydrazone groups is 1. The average molecular weight is 528 g/mol. The molecule has 0 saturated heterocycles. The van der Waals surface area contributed by atoms with Gasteiger partial charge >= 0.3 is 5.91 Å². The van der Waals surface area contributed by atoms with Gasteiger partial charge in [0.2, 0.25) is 0 Å². The number of benzene rings is 3. The summed E-state index contributed by atoms with van der Waals surface area (Å²) in [4.78, 5) is 12.4. The standard InChI is InChI=1S/C25H20BrClN2O4/c1-15-4-3-5-16(8-15)14-32-24-20(27)9-17(10-22(24)31-2)13-28-29-25(30)23-12-18-11-19(26)6-7-21(18)33-23/h3-13H,14H2,1-2H3,(H,29,30)/b28-13+. The van der Waals surface area contributed by atoms with Crippen LogP contribution in [0.3, 0.4) is 0 Å². The predicted molar refractivity (Wildman–Crippen MR) is 132 cm³/mol. The largest absolute Gasteiger partial charge is 0.493 e. The van der Waals surface area contributed by atoms with Gasteiger partial charge in [0, 0.05) is 9.86 Å². The van der Waals surface area contributed by atoms with E-state index in [2.05, 4.69) is 26.5 Å². The molecular weight excluding hydrogens is 508 g/mol. The Kier molecular flexibility index (Phi) is 7.01. The van der Waals surface area contributed by atoms with Crippen molar-refractivity contribution in [3.05, 3.63) is 92.6 Å². The Labute approximate surface area is 204 Å². The van der Waals surface area contributed by atoms with Gasteiger partial charge in [-0.3, -0.25) is 4.79 Å². The van der Waals surface area contributed by atoms with Crippen molar-refractivity contribution in [1.29, 1.82) is 0 Å². The van der Waals surface area contributed by atoms with E-state index in [0.29, 0.717) is 34.3 Å². The summed E-state index contributed by atoms with van der Waals surface area (Å²) in [6.07, 6.45) is 1.47. The molecule has 0 radical (unpaired) electrons. The van der Waals surface area contributed by atoms with Crippen LogP contribution in [0, 0.1) is 6.92 Å². The minimum atomic E-state index is -0.463. The first-order valence-electron chi connectivity index (χ1n) is 10.0. The molecule has 0 aliphatic heterocycles. The first-order valence-corrected chi connectivity index (χ1v) is 11.2. The first-order chi connectivity index (χ1) is 15.9. The summed E-state index contributed by atoms with van der Waals surface area (Å²) < 4.78 is 17.8. The normalized spacial score (nSPS) is 11.2. The van der Waals surface area contributed by atoms with Crippen LogP contribution in [0.1, 0.15) is 27.2 Å². The van der Waals surface area contributed by atoms with E-state index in [4.69, 9.17) is 25.5 Å². The zero-order valence-corrected chi connectivity index (χ0v) is 20.2. The SMILES string of the molecule is COc1cc(/C=N/NC(=O)c2cc3cc(Br)ccc3o2)cc(Cl)c1OCc1cccc(C)c1. The molecule has 3 aromatic carbocycles. The second kappa shape index (κ2) is 10.1. The summed E-state index contributed by atoms with van der Waals surface area (Å²) >= 11 is 9.83. The van der Waals surface area contributed by atoms with Crippen LogP contribution in [0.5, 0.6) is 11.5 Å². The minimum Gasteiger partial charge on any atom is -0.493 e. The summed E-state index contributed by atoms with van der Waals surface area (Å²) in [7, 11) is 1.54. The van der Waals surface area contributed by atoms with Gasteiger partial charge in [0.15, 0.2) is 17.3 Å². The van der Waals surface area contributed by atoms with Crippen molar-refractivity contribution >= 4 is 50.6 Å². The monoisotopic (exact) mass is 526 g/mol. The van der Waals surface area contributed by atoms with Crippen molar-refractivity contribution in [2.24, 2.45) is 5.10 Å². The fourth-order valence-electron chi connectivity index (χ4n) is 3.26. The number of aryl methyl sites for hydroxylation is 1. The van der Waals surface area contributed by atoms with Crippen molar-refractivity contribution in [2.45, 2.75) is 13.5 Å². The molecule has 0 unspecified atom stereocenters. The van der Waals surface area contributed by atoms with Crippen LogP contribution in [0.25, 0.3) is 11.0 Å². The molecule has 0 saturated carbocycles. The number of carbonyl (C=O) groups is 1. The second-order valence-electron chi connectivity index (χ2n) is 7.30. The predicted octanol–water partition coefficient (Wildman–Crippen LogP) is 6.51. The van der Waals surface area contributed by atoms with E-state index in [1.54, 1.807) is 24.3 Å². The van der Waals surface area contributed by atoms with Gasteiger partial charge in [-0.2, -0.15) is 5.10 Å². The molecule has 1 aromatic heterocycles. The van der Waals surface area contributed by atoms with Gasteiger partial charge in [-0.15, -0.1) is 0 Å². The Morgan fingerprint density at radius 1 is 1.18 bits per heavy atom. The number of hydrogen-bond acceptors (Lipinski definition) is 5. The van der Waals surface area contributed by atoms with Crippen molar-refractivity contribution < 1.29 is 18.7 Å². The number of furan rings is 1. The number of amides is 1. The average Bonchev–Trinajstić information content (AvgIpc) is 3.21. The third-order valence-electron chi connectivity index (χ3n) is 4.80. The van der Waals surface area contributed by atoms with Crippen LogP contribution in [0.4, 0.5) is 0 Å². The number of methoxy groups -OCH3 is 1. The number of halogens is 2. The van der Waals surface area contributed by atoms with Crippen LogP contribution >= 0.6 is 27.5 Å². The topological polar surface area (TPSA) is 73.1 Å². The number of carbonyl (C=O) groups excluding carboxylic acids is 1. The number of fused-ring (bicyclic) bond motifs is 1. The number of hydrogen-bond donors (Lipinski definition) is 1. The van der Waals surface area contributed by atoms with Crippen LogP contribution in [-0.4, -0.2) is 19.2 Å². The summed E-state index contributed by atoms with van der Waals surface area (Å²) in [5.74, 6) is 0.603. The molecule has 0 fully saturated rings. The number of rotatable bonds is 7. The lowest BCUT2D eigenvalue weighted by atomic mass is 10.1. The van der Waals surface area contributed by atoms with Gasteiger partial charge in [-0.1, -0.05) is 57.4 Å². The number of nitrogens with zero attached hydrogens (tertiary/aromatic N) is 1. The van der Waals surface area contributed by atoms with Crippen LogP contribution in [0.2, 0.25) is 5.02 Å². The molecule has 0 aliphatic rings. The summed E-state index contributed by atoms with van der Waals surface area (Å²) in [5.41, 5.74) is 5.88. The Bertz CT molecular complexity index is 1350. The minimum absolute atomic E-state index is 0.163. The molecule has 8 heteroatoms. The Morgan fingerprint density at radius 3 is 2.82 bits per heavy atom. The molecular formula is C25H20BrClN2O4. The lowest BCUT2D eigenvalue weighted by Gasteiger charge is -2.13. The van der Waals surface area contributed by atoms with Crippen molar-refractivity contribution in [3.63, 3.8) is 0 Å². The van der Waals surface area contributed by atoms with Gasteiger partial charge in [0.05, 0.1) is 18.3 Å². The zero-order chi connectivity index (χ0) is 23.4. The van der Waals surface area contributed by atoms with Gasteiger partial charge in [0.25, 0.3) is 0 Å². The Hall–Kier alpha value is -3.29. The number of nitrogens with one attached hydrogen (secondary N) is 1. The molecule has 0 aliphatic carbocycles. The fourth-order valence-corrected chi connectivity index (χ4v) is 3.91. The summed E-state index contributed by atoms with van der Waals surface area (Å²) in [6, 6.07) is 18.6. The van der Waals surface area contributed by atoms with E-state index < -0.39 is 5.91 Å². The molecule has 1 N–H and O–H groups in total. The second-order valence-corrected chi connectivity index (χ2v) is 8.63. The molecule has 0 bridgehead atoms. The maximum absolute atomic E-state index is 12.4. The molecule has 168 valence electrons. The van der Waals surface area contributed by atoms with Crippen molar-refractivity contribution in [2.75, 3.05) is 7.11 Å². The summed E-state index contributed by atoms with van der Waals surface area (Å²) in [6.45, 7) is 2.38. The van der Waals surface area contributed by atoms with E-state index in [1.807, 2.05) is 43.3 Å². The highest BCUT2D eigenvalue weighted by Crippen LogP contribution is 2.36. The highest BCUT2D eigenvalue weighted by molar-refractivity contribution is 9.10. The van der Waals surface area contributed by atoms with Gasteiger partial charge in [0.1, 0.15) is 12.2 Å². The Balaban J connectivity index is 1.44. The maximum Gasteiger partial charge on any atom is 0.307 e. The molecule has 4 rings (SSSR count). The molecule has 0 atom stereocenters. The van der Waals surface area contributed by atoms with Gasteiger partial charge in [-0.05, 0) is 54.4 Å². The van der Waals surface area contributed by atoms with E-state index in [-0.39, 0.29) is 5.76 Å². The van der Waals surface area contributed by atoms with Crippen molar-refractivity contribution in [1.82, 2.24) is 5.43 Å². The van der Waals surface area contributed by atoms with E-state index in [0.717, 1.165) is 21.0 Å². The highest BCUT2D eigenvalue weighted by atomic mass is 79.9. The third-order valence-corrected chi connectivity index (χ3v) is 5.57. The fraction of sp³-hybridized carbons (Fsp3) is 0.120. The third kappa shape index (κ3) is 5.56.